The van der Waals surface area contributed by atoms with Crippen molar-refractivity contribution >= 4 is 18.0 Å². The maximum atomic E-state index is 12.8. The van der Waals surface area contributed by atoms with Gasteiger partial charge in [-0.25, -0.2) is 4.79 Å². The molecule has 0 radical (unpaired) electrons. The maximum absolute atomic E-state index is 12.8. The lowest BCUT2D eigenvalue weighted by atomic mass is 10.1. The number of ether oxygens (including phenoxy) is 3. The van der Waals surface area contributed by atoms with E-state index in [4.69, 9.17) is 14.2 Å². The average Bonchev–Trinajstić information content (AvgIpc) is 3.16. The van der Waals surface area contributed by atoms with Gasteiger partial charge in [-0.3, -0.25) is 14.5 Å². The van der Waals surface area contributed by atoms with Crippen LogP contribution in [0.25, 0.3) is 0 Å². The number of esters is 2. The number of nitrogens with zero attached hydrogens (tertiary/aromatic N) is 2. The highest BCUT2D eigenvalue weighted by molar-refractivity contribution is 5.70. The van der Waals surface area contributed by atoms with Crippen molar-refractivity contribution in [2.75, 3.05) is 40.0 Å². The summed E-state index contributed by atoms with van der Waals surface area (Å²) in [5.74, 6) is -0.944. The van der Waals surface area contributed by atoms with Crippen molar-refractivity contribution < 1.29 is 28.6 Å². The average molecular weight is 783 g/mol. The summed E-state index contributed by atoms with van der Waals surface area (Å²) in [6, 6.07) is 0.558. The number of rotatable bonds is 35. The molecule has 8 heteroatoms. The molecule has 1 heterocycles. The summed E-state index contributed by atoms with van der Waals surface area (Å²) in [6.45, 7) is 10.4. The van der Waals surface area contributed by atoms with Gasteiger partial charge in [0.1, 0.15) is 19.8 Å². The van der Waals surface area contributed by atoms with Crippen molar-refractivity contribution in [1.82, 2.24) is 9.80 Å². The third kappa shape index (κ3) is 29.2. The lowest BCUT2D eigenvalue weighted by molar-refractivity contribution is -0.150. The van der Waals surface area contributed by atoms with Crippen LogP contribution >= 0.6 is 0 Å². The molecule has 1 aliphatic heterocycles. The first-order chi connectivity index (χ1) is 27.3. The smallest absolute Gasteiger partial charge is 0.409 e. The van der Waals surface area contributed by atoms with Crippen LogP contribution in [0, 0.1) is 5.92 Å². The molecule has 0 aromatic rings. The van der Waals surface area contributed by atoms with E-state index in [1.54, 1.807) is 11.9 Å². The molecular formula is C48H82N2O6. The number of amides is 1. The Morgan fingerprint density at radius 1 is 0.571 bits per heavy atom. The van der Waals surface area contributed by atoms with Gasteiger partial charge >= 0.3 is 18.0 Å². The van der Waals surface area contributed by atoms with Gasteiger partial charge in [0.15, 0.2) is 0 Å². The molecule has 1 unspecified atom stereocenters. The van der Waals surface area contributed by atoms with Crippen molar-refractivity contribution in [2.45, 2.75) is 181 Å². The van der Waals surface area contributed by atoms with E-state index in [1.165, 1.54) is 32.1 Å². The summed E-state index contributed by atoms with van der Waals surface area (Å²) in [5, 5.41) is 0. The molecule has 0 N–H and O–H groups in total. The summed E-state index contributed by atoms with van der Waals surface area (Å²) in [7, 11) is 1.76. The molecule has 0 spiro atoms. The molecule has 0 aliphatic carbocycles. The Labute approximate surface area is 343 Å². The molecule has 1 amide bonds. The first-order valence-electron chi connectivity index (χ1n) is 22.5. The van der Waals surface area contributed by atoms with Gasteiger partial charge in [0.25, 0.3) is 0 Å². The summed E-state index contributed by atoms with van der Waals surface area (Å²) in [5.41, 5.74) is 0. The molecule has 0 aromatic carbocycles. The zero-order valence-corrected chi connectivity index (χ0v) is 36.4. The maximum Gasteiger partial charge on any atom is 0.409 e. The second-order valence-electron chi connectivity index (χ2n) is 15.7. The minimum Gasteiger partial charge on any atom is -0.465 e. The van der Waals surface area contributed by atoms with E-state index in [1.807, 2.05) is 0 Å². The van der Waals surface area contributed by atoms with Crippen LogP contribution in [0.4, 0.5) is 4.79 Å². The molecule has 1 aliphatic rings. The lowest BCUT2D eigenvalue weighted by Crippen LogP contribution is -2.61. The fraction of sp³-hybridized carbons (Fsp3) is 0.729. The van der Waals surface area contributed by atoms with Gasteiger partial charge in [-0.1, -0.05) is 126 Å². The molecular weight excluding hydrogens is 701 g/mol. The van der Waals surface area contributed by atoms with Gasteiger partial charge in [0, 0.05) is 39.0 Å². The molecule has 0 saturated carbocycles. The fourth-order valence-corrected chi connectivity index (χ4v) is 6.27. The number of hydrogen-bond acceptors (Lipinski definition) is 7. The molecule has 0 bridgehead atoms. The van der Waals surface area contributed by atoms with Gasteiger partial charge in [0.05, 0.1) is 12.0 Å². The first kappa shape index (κ1) is 50.9. The zero-order chi connectivity index (χ0) is 40.9. The minimum atomic E-state index is -0.417. The van der Waals surface area contributed by atoms with E-state index in [0.29, 0.717) is 18.9 Å². The van der Waals surface area contributed by atoms with Crippen LogP contribution in [0.1, 0.15) is 169 Å². The standard InChI is InChI=1S/C48H82N2O6/c1-6-8-10-12-14-16-18-20-22-24-26-28-30-32-34-36-46(51)54-40-44(42-56-48(53)49(5)45-38-50(39-45)43(3)4)41-55-47(52)37-35-33-31-29-27-25-23-21-19-17-15-13-11-9-7-2/h8,10,14-17,20-23,43-45H,6-7,9,11-13,18-19,24-42H2,1-5H3/b10-8-,16-14-,17-15-,22-20-,23-21-. The largest absolute Gasteiger partial charge is 0.465 e. The Morgan fingerprint density at radius 3 is 1.45 bits per heavy atom. The number of carbonyl (C=O) groups excluding carboxylic acids is 3. The zero-order valence-electron chi connectivity index (χ0n) is 36.4. The van der Waals surface area contributed by atoms with Crippen molar-refractivity contribution in [3.63, 3.8) is 0 Å². The highest BCUT2D eigenvalue weighted by Gasteiger charge is 2.34. The van der Waals surface area contributed by atoms with E-state index in [-0.39, 0.29) is 37.8 Å². The van der Waals surface area contributed by atoms with Gasteiger partial charge in [0.2, 0.25) is 0 Å². The normalized spacial score (nSPS) is 14.5. The summed E-state index contributed by atoms with van der Waals surface area (Å²) in [4.78, 5) is 41.9. The van der Waals surface area contributed by atoms with Crippen LogP contribution in [0.15, 0.2) is 60.8 Å². The highest BCUT2D eigenvalue weighted by atomic mass is 16.6. The number of unbranched alkanes of at least 4 members (excludes halogenated alkanes) is 13. The molecule has 1 atom stereocenters. The molecule has 1 rings (SSSR count). The third-order valence-electron chi connectivity index (χ3n) is 10.2. The van der Waals surface area contributed by atoms with Crippen molar-refractivity contribution in [3.05, 3.63) is 60.8 Å². The van der Waals surface area contributed by atoms with Gasteiger partial charge in [-0.05, 0) is 90.9 Å². The van der Waals surface area contributed by atoms with E-state index in [0.717, 1.165) is 109 Å². The predicted octanol–water partition coefficient (Wildman–Crippen LogP) is 12.3. The Balaban J connectivity index is 2.32. The highest BCUT2D eigenvalue weighted by Crippen LogP contribution is 2.18. The van der Waals surface area contributed by atoms with E-state index in [9.17, 15) is 14.4 Å². The molecule has 1 fully saturated rings. The van der Waals surface area contributed by atoms with E-state index in [2.05, 4.69) is 93.4 Å². The Kier molecular flexibility index (Phi) is 32.9. The Hall–Kier alpha value is -3.13. The van der Waals surface area contributed by atoms with E-state index < -0.39 is 12.0 Å². The van der Waals surface area contributed by atoms with Crippen molar-refractivity contribution in [2.24, 2.45) is 5.92 Å². The number of carbonyl (C=O) groups is 3. The summed E-state index contributed by atoms with van der Waals surface area (Å²) < 4.78 is 16.8. The molecule has 8 nitrogen and oxygen atoms in total. The first-order valence-corrected chi connectivity index (χ1v) is 22.5. The van der Waals surface area contributed by atoms with Crippen LogP contribution in [-0.2, 0) is 23.8 Å². The van der Waals surface area contributed by atoms with Crippen LogP contribution in [0.5, 0.6) is 0 Å². The second-order valence-corrected chi connectivity index (χ2v) is 15.7. The van der Waals surface area contributed by atoms with E-state index >= 15 is 0 Å². The van der Waals surface area contributed by atoms with Gasteiger partial charge < -0.3 is 19.1 Å². The SMILES string of the molecule is CC/C=C\C/C=C\C/C=C\CCCCCCCC(=O)OCC(COC(=O)CCCCCCC/C=C\C/C=C\CCCCC)COC(=O)N(C)C1CN(C(C)C)C1. The van der Waals surface area contributed by atoms with Crippen LogP contribution < -0.4 is 0 Å². The Morgan fingerprint density at radius 2 is 0.982 bits per heavy atom. The lowest BCUT2D eigenvalue weighted by Gasteiger charge is -2.45. The fourth-order valence-electron chi connectivity index (χ4n) is 6.27. The van der Waals surface area contributed by atoms with Crippen LogP contribution in [0.3, 0.4) is 0 Å². The number of hydrogen-bond donors (Lipinski definition) is 0. The Bertz CT molecular complexity index is 1140. The summed E-state index contributed by atoms with van der Waals surface area (Å²) >= 11 is 0. The third-order valence-corrected chi connectivity index (χ3v) is 10.2. The molecule has 1 saturated heterocycles. The predicted molar refractivity (Wildman–Crippen MR) is 234 cm³/mol. The molecule has 56 heavy (non-hydrogen) atoms. The monoisotopic (exact) mass is 783 g/mol. The van der Waals surface area contributed by atoms with Crippen LogP contribution in [0.2, 0.25) is 0 Å². The summed E-state index contributed by atoms with van der Waals surface area (Å²) in [6.07, 6.45) is 44.4. The van der Waals surface area contributed by atoms with Crippen LogP contribution in [-0.4, -0.2) is 79.9 Å². The number of allylic oxidation sites excluding steroid dienone is 10. The number of likely N-dealkylation sites (tertiary alicyclic amines) is 1. The minimum absolute atomic E-state index is 0.0229. The quantitative estimate of drug-likeness (QED) is 0.0274. The van der Waals surface area contributed by atoms with Crippen molar-refractivity contribution in [3.8, 4) is 0 Å². The topological polar surface area (TPSA) is 85.4 Å². The van der Waals surface area contributed by atoms with Gasteiger partial charge in [-0.15, -0.1) is 0 Å². The molecule has 320 valence electrons. The van der Waals surface area contributed by atoms with Crippen molar-refractivity contribution in [1.29, 1.82) is 0 Å². The molecule has 0 aromatic heterocycles. The second kappa shape index (κ2) is 36.2. The van der Waals surface area contributed by atoms with Gasteiger partial charge in [-0.2, -0.15) is 0 Å². The number of likely N-dealkylation sites (N-methyl/N-ethyl adjacent to an activating group) is 1.